The number of hydrogen-bond acceptors (Lipinski definition) is 3. The number of carbonyl (C=O) groups excluding carboxylic acids is 1. The van der Waals surface area contributed by atoms with Crippen molar-refractivity contribution in [1.29, 1.82) is 0 Å². The van der Waals surface area contributed by atoms with Crippen LogP contribution in [-0.4, -0.2) is 42.9 Å². The highest BCUT2D eigenvalue weighted by molar-refractivity contribution is 7.11. The Kier molecular flexibility index (Phi) is 6.71. The van der Waals surface area contributed by atoms with Crippen molar-refractivity contribution in [2.45, 2.75) is 39.7 Å². The maximum absolute atomic E-state index is 12.0. The fourth-order valence-electron chi connectivity index (χ4n) is 2.43. The Balaban J connectivity index is 1.84. The monoisotopic (exact) mass is 322 g/mol. The van der Waals surface area contributed by atoms with Gasteiger partial charge in [-0.05, 0) is 38.3 Å². The van der Waals surface area contributed by atoms with Gasteiger partial charge in [-0.25, -0.2) is 4.99 Å². The molecule has 0 unspecified atom stereocenters. The van der Waals surface area contributed by atoms with E-state index >= 15 is 0 Å². The van der Waals surface area contributed by atoms with Crippen LogP contribution in [0, 0.1) is 0 Å². The van der Waals surface area contributed by atoms with Gasteiger partial charge in [-0.1, -0.05) is 6.92 Å². The Labute approximate surface area is 136 Å². The van der Waals surface area contributed by atoms with Gasteiger partial charge >= 0.3 is 0 Å². The van der Waals surface area contributed by atoms with E-state index in [9.17, 15) is 4.79 Å². The topological polar surface area (TPSA) is 56.7 Å². The van der Waals surface area contributed by atoms with E-state index in [0.717, 1.165) is 45.4 Å². The van der Waals surface area contributed by atoms with Crippen LogP contribution in [0.2, 0.25) is 0 Å². The molecule has 0 aromatic carbocycles. The lowest BCUT2D eigenvalue weighted by molar-refractivity contribution is -0.128. The molecule has 1 amide bonds. The number of rotatable bonds is 6. The summed E-state index contributed by atoms with van der Waals surface area (Å²) in [6, 6.07) is 4.32. The quantitative estimate of drug-likeness (QED) is 0.622. The van der Waals surface area contributed by atoms with E-state index in [-0.39, 0.29) is 12.5 Å². The van der Waals surface area contributed by atoms with Gasteiger partial charge in [0, 0.05) is 29.4 Å². The number of aryl methyl sites for hydroxylation is 1. The lowest BCUT2D eigenvalue weighted by atomic mass is 10.4. The SMILES string of the molecule is CCNC(=NCC(=O)N1CCCC1)NCc1ccc(CC)s1. The maximum atomic E-state index is 12.0. The zero-order valence-corrected chi connectivity index (χ0v) is 14.3. The number of aliphatic imine (C=N–C) groups is 1. The second-order valence-electron chi connectivity index (χ2n) is 5.36. The molecule has 1 aliphatic rings. The van der Waals surface area contributed by atoms with E-state index < -0.39 is 0 Å². The van der Waals surface area contributed by atoms with Crippen LogP contribution in [-0.2, 0) is 17.8 Å². The lowest BCUT2D eigenvalue weighted by Crippen LogP contribution is -2.38. The Hall–Kier alpha value is -1.56. The first-order valence-electron chi connectivity index (χ1n) is 8.10. The molecule has 5 nitrogen and oxygen atoms in total. The number of likely N-dealkylation sites (tertiary alicyclic amines) is 1. The van der Waals surface area contributed by atoms with Crippen molar-refractivity contribution in [2.75, 3.05) is 26.2 Å². The molecular weight excluding hydrogens is 296 g/mol. The third-order valence-electron chi connectivity index (χ3n) is 3.67. The summed E-state index contributed by atoms with van der Waals surface area (Å²) in [4.78, 5) is 21.0. The van der Waals surface area contributed by atoms with Crippen molar-refractivity contribution in [2.24, 2.45) is 4.99 Å². The molecule has 0 atom stereocenters. The van der Waals surface area contributed by atoms with Gasteiger partial charge in [0.1, 0.15) is 6.54 Å². The van der Waals surface area contributed by atoms with E-state index in [1.54, 1.807) is 0 Å². The first-order chi connectivity index (χ1) is 10.7. The second kappa shape index (κ2) is 8.78. The molecule has 1 saturated heterocycles. The van der Waals surface area contributed by atoms with E-state index in [2.05, 4.69) is 34.7 Å². The third-order valence-corrected chi connectivity index (χ3v) is 4.90. The number of amides is 1. The molecule has 1 aromatic rings. The zero-order chi connectivity index (χ0) is 15.8. The summed E-state index contributed by atoms with van der Waals surface area (Å²) in [6.07, 6.45) is 3.31. The van der Waals surface area contributed by atoms with Crippen molar-refractivity contribution in [3.8, 4) is 0 Å². The van der Waals surface area contributed by atoms with Crippen molar-refractivity contribution in [3.63, 3.8) is 0 Å². The Morgan fingerprint density at radius 1 is 1.23 bits per heavy atom. The third kappa shape index (κ3) is 5.02. The molecule has 1 aliphatic heterocycles. The van der Waals surface area contributed by atoms with Crippen molar-refractivity contribution >= 4 is 23.2 Å². The minimum absolute atomic E-state index is 0.124. The van der Waals surface area contributed by atoms with E-state index in [1.165, 1.54) is 9.75 Å². The molecular formula is C16H26N4OS. The standard InChI is InChI=1S/C16H26N4OS/c1-3-13-7-8-14(22-13)11-18-16(17-4-2)19-12-15(21)20-9-5-6-10-20/h7-8H,3-6,9-12H2,1-2H3,(H2,17,18,19). The molecule has 0 bridgehead atoms. The van der Waals surface area contributed by atoms with Crippen LogP contribution in [0.3, 0.4) is 0 Å². The molecule has 0 saturated carbocycles. The summed E-state index contributed by atoms with van der Waals surface area (Å²) in [5.41, 5.74) is 0. The van der Waals surface area contributed by atoms with Gasteiger partial charge in [-0.15, -0.1) is 11.3 Å². The van der Waals surface area contributed by atoms with Crippen molar-refractivity contribution in [3.05, 3.63) is 21.9 Å². The number of guanidine groups is 1. The molecule has 2 rings (SSSR count). The predicted octanol–water partition coefficient (Wildman–Crippen LogP) is 1.99. The largest absolute Gasteiger partial charge is 0.357 e. The molecule has 1 fully saturated rings. The minimum Gasteiger partial charge on any atom is -0.357 e. The van der Waals surface area contributed by atoms with Crippen molar-refractivity contribution in [1.82, 2.24) is 15.5 Å². The number of nitrogens with zero attached hydrogens (tertiary/aromatic N) is 2. The van der Waals surface area contributed by atoms with Crippen LogP contribution in [0.4, 0.5) is 0 Å². The van der Waals surface area contributed by atoms with Gasteiger partial charge < -0.3 is 15.5 Å². The molecule has 0 radical (unpaired) electrons. The lowest BCUT2D eigenvalue weighted by Gasteiger charge is -2.15. The highest BCUT2D eigenvalue weighted by Crippen LogP contribution is 2.16. The second-order valence-corrected chi connectivity index (χ2v) is 6.61. The molecule has 6 heteroatoms. The average Bonchev–Trinajstić information content (AvgIpc) is 3.20. The van der Waals surface area contributed by atoms with Crippen LogP contribution in [0.25, 0.3) is 0 Å². The van der Waals surface area contributed by atoms with E-state index in [1.807, 2.05) is 23.2 Å². The first kappa shape index (κ1) is 16.8. The summed E-state index contributed by atoms with van der Waals surface area (Å²) >= 11 is 1.82. The molecule has 2 heterocycles. The summed E-state index contributed by atoms with van der Waals surface area (Å²) in [7, 11) is 0. The minimum atomic E-state index is 0.124. The summed E-state index contributed by atoms with van der Waals surface area (Å²) in [5, 5.41) is 6.49. The average molecular weight is 322 g/mol. The van der Waals surface area contributed by atoms with Gasteiger partial charge in [0.25, 0.3) is 0 Å². The van der Waals surface area contributed by atoms with Gasteiger partial charge in [-0.3, -0.25) is 4.79 Å². The normalized spacial score (nSPS) is 15.2. The van der Waals surface area contributed by atoms with Crippen molar-refractivity contribution < 1.29 is 4.79 Å². The van der Waals surface area contributed by atoms with E-state index in [4.69, 9.17) is 0 Å². The summed E-state index contributed by atoms with van der Waals surface area (Å²) in [5.74, 6) is 0.834. The molecule has 1 aromatic heterocycles. The highest BCUT2D eigenvalue weighted by atomic mass is 32.1. The van der Waals surface area contributed by atoms with Crippen LogP contribution in [0.15, 0.2) is 17.1 Å². The molecule has 22 heavy (non-hydrogen) atoms. The first-order valence-corrected chi connectivity index (χ1v) is 8.92. The smallest absolute Gasteiger partial charge is 0.244 e. The number of thiophene rings is 1. The Bertz CT molecular complexity index is 506. The molecule has 2 N–H and O–H groups in total. The zero-order valence-electron chi connectivity index (χ0n) is 13.5. The highest BCUT2D eigenvalue weighted by Gasteiger charge is 2.17. The van der Waals surface area contributed by atoms with Crippen LogP contribution < -0.4 is 10.6 Å². The van der Waals surface area contributed by atoms with Gasteiger partial charge in [0.05, 0.1) is 6.54 Å². The summed E-state index contributed by atoms with van der Waals surface area (Å²) in [6.45, 7) is 7.71. The Morgan fingerprint density at radius 3 is 2.59 bits per heavy atom. The number of nitrogens with one attached hydrogen (secondary N) is 2. The molecule has 122 valence electrons. The van der Waals surface area contributed by atoms with Gasteiger partial charge in [0.2, 0.25) is 5.91 Å². The van der Waals surface area contributed by atoms with Gasteiger partial charge in [-0.2, -0.15) is 0 Å². The molecule has 0 spiro atoms. The fraction of sp³-hybridized carbons (Fsp3) is 0.625. The maximum Gasteiger partial charge on any atom is 0.244 e. The van der Waals surface area contributed by atoms with Crippen LogP contribution in [0.5, 0.6) is 0 Å². The van der Waals surface area contributed by atoms with Crippen LogP contribution >= 0.6 is 11.3 Å². The van der Waals surface area contributed by atoms with E-state index in [0.29, 0.717) is 5.96 Å². The number of carbonyl (C=O) groups is 1. The molecule has 0 aliphatic carbocycles. The fourth-order valence-corrected chi connectivity index (χ4v) is 3.33. The summed E-state index contributed by atoms with van der Waals surface area (Å²) < 4.78 is 0. The predicted molar refractivity (Wildman–Crippen MR) is 92.3 cm³/mol. The number of hydrogen-bond donors (Lipinski definition) is 2. The van der Waals surface area contributed by atoms with Gasteiger partial charge in [0.15, 0.2) is 5.96 Å². The Morgan fingerprint density at radius 2 is 1.95 bits per heavy atom. The van der Waals surface area contributed by atoms with Crippen LogP contribution in [0.1, 0.15) is 36.4 Å².